The minimum absolute atomic E-state index is 0.137. The van der Waals surface area contributed by atoms with Gasteiger partial charge in [-0.3, -0.25) is 4.90 Å². The molecule has 1 aromatic carbocycles. The van der Waals surface area contributed by atoms with Gasteiger partial charge in [-0.1, -0.05) is 30.3 Å². The summed E-state index contributed by atoms with van der Waals surface area (Å²) in [6.07, 6.45) is 11.7. The second-order valence-electron chi connectivity index (χ2n) is 11.2. The molecular formula is C26H37N3O. The average Bonchev–Trinajstić information content (AvgIpc) is 3.24. The number of urea groups is 1. The van der Waals surface area contributed by atoms with Crippen LogP contribution >= 0.6 is 0 Å². The summed E-state index contributed by atoms with van der Waals surface area (Å²) in [7, 11) is 0. The molecule has 6 fully saturated rings. The van der Waals surface area contributed by atoms with Crippen LogP contribution in [0.2, 0.25) is 0 Å². The molecule has 0 aromatic heterocycles. The van der Waals surface area contributed by atoms with Crippen molar-refractivity contribution in [3.63, 3.8) is 0 Å². The molecule has 2 amide bonds. The summed E-state index contributed by atoms with van der Waals surface area (Å²) in [5.74, 6) is 3.36. The summed E-state index contributed by atoms with van der Waals surface area (Å²) in [4.78, 5) is 18.0. The first-order valence-corrected chi connectivity index (χ1v) is 12.5. The lowest BCUT2D eigenvalue weighted by Gasteiger charge is -2.57. The van der Waals surface area contributed by atoms with Gasteiger partial charge < -0.3 is 10.2 Å². The van der Waals surface area contributed by atoms with Crippen LogP contribution in [0.25, 0.3) is 0 Å². The van der Waals surface area contributed by atoms with Crippen molar-refractivity contribution in [2.75, 3.05) is 26.2 Å². The Bertz CT molecular complexity index is 734. The highest BCUT2D eigenvalue weighted by Gasteiger charge is 2.52. The van der Waals surface area contributed by atoms with Crippen LogP contribution in [-0.4, -0.2) is 53.6 Å². The number of nitrogens with one attached hydrogen (secondary N) is 1. The van der Waals surface area contributed by atoms with Crippen LogP contribution in [0.4, 0.5) is 4.79 Å². The van der Waals surface area contributed by atoms with Crippen LogP contribution in [0.5, 0.6) is 0 Å². The molecule has 6 aliphatic rings. The van der Waals surface area contributed by atoms with Crippen molar-refractivity contribution in [2.45, 2.75) is 75.3 Å². The Labute approximate surface area is 181 Å². The van der Waals surface area contributed by atoms with E-state index in [1.54, 1.807) is 0 Å². The summed E-state index contributed by atoms with van der Waals surface area (Å²) in [5, 5.41) is 3.59. The van der Waals surface area contributed by atoms with Gasteiger partial charge in [0.05, 0.1) is 0 Å². The second kappa shape index (κ2) is 7.55. The number of carbonyl (C=O) groups is 1. The minimum Gasteiger partial charge on any atom is -0.333 e. The van der Waals surface area contributed by atoms with Gasteiger partial charge in [0, 0.05) is 24.7 Å². The van der Waals surface area contributed by atoms with Gasteiger partial charge in [0.1, 0.15) is 0 Å². The number of benzene rings is 1. The van der Waals surface area contributed by atoms with Crippen molar-refractivity contribution < 1.29 is 4.79 Å². The largest absolute Gasteiger partial charge is 0.333 e. The van der Waals surface area contributed by atoms with Crippen LogP contribution in [-0.2, 0) is 0 Å². The Morgan fingerprint density at radius 1 is 0.867 bits per heavy atom. The van der Waals surface area contributed by atoms with E-state index < -0.39 is 0 Å². The average molecular weight is 408 g/mol. The molecule has 4 nitrogen and oxygen atoms in total. The van der Waals surface area contributed by atoms with Gasteiger partial charge in [0.15, 0.2) is 0 Å². The third-order valence-electron chi connectivity index (χ3n) is 9.18. The van der Waals surface area contributed by atoms with E-state index in [0.717, 1.165) is 37.3 Å². The molecule has 7 rings (SSSR count). The lowest BCUT2D eigenvalue weighted by molar-refractivity contribution is -0.0154. The highest BCUT2D eigenvalue weighted by Crippen LogP contribution is 2.55. The first-order valence-electron chi connectivity index (χ1n) is 12.5. The Balaban J connectivity index is 1.03. The van der Waals surface area contributed by atoms with Gasteiger partial charge >= 0.3 is 6.03 Å². The number of amides is 2. The van der Waals surface area contributed by atoms with Gasteiger partial charge in [-0.05, 0) is 100 Å². The SMILES string of the molecule is O=C(NC12CC3CC(CC(C3)C1)C2)N1CCC(N2CCC(c3ccccc3)CC2)C1. The number of hydrogen-bond acceptors (Lipinski definition) is 2. The van der Waals surface area contributed by atoms with Crippen LogP contribution in [0.15, 0.2) is 30.3 Å². The molecule has 1 atom stereocenters. The maximum atomic E-state index is 13.2. The molecule has 2 aliphatic heterocycles. The minimum atomic E-state index is 0.137. The lowest BCUT2D eigenvalue weighted by Crippen LogP contribution is -2.61. The molecule has 0 radical (unpaired) electrons. The summed E-state index contributed by atoms with van der Waals surface area (Å²) >= 11 is 0. The summed E-state index contributed by atoms with van der Waals surface area (Å²) in [5.41, 5.74) is 1.64. The molecule has 4 heteroatoms. The molecule has 30 heavy (non-hydrogen) atoms. The Kier molecular flexibility index (Phi) is 4.82. The van der Waals surface area contributed by atoms with E-state index in [-0.39, 0.29) is 11.6 Å². The van der Waals surface area contributed by atoms with Crippen molar-refractivity contribution in [1.29, 1.82) is 0 Å². The maximum absolute atomic E-state index is 13.2. The third-order valence-corrected chi connectivity index (χ3v) is 9.18. The predicted octanol–water partition coefficient (Wildman–Crippen LogP) is 4.62. The zero-order chi connectivity index (χ0) is 20.1. The second-order valence-corrected chi connectivity index (χ2v) is 11.2. The highest BCUT2D eigenvalue weighted by atomic mass is 16.2. The van der Waals surface area contributed by atoms with Crippen LogP contribution in [0, 0.1) is 17.8 Å². The van der Waals surface area contributed by atoms with Crippen LogP contribution in [0.1, 0.15) is 69.3 Å². The fourth-order valence-corrected chi connectivity index (χ4v) is 8.12. The molecule has 1 aromatic rings. The predicted molar refractivity (Wildman–Crippen MR) is 119 cm³/mol. The van der Waals surface area contributed by atoms with E-state index in [4.69, 9.17) is 0 Å². The highest BCUT2D eigenvalue weighted by molar-refractivity contribution is 5.75. The quantitative estimate of drug-likeness (QED) is 0.794. The van der Waals surface area contributed by atoms with Crippen molar-refractivity contribution in [2.24, 2.45) is 17.8 Å². The Morgan fingerprint density at radius 2 is 1.50 bits per heavy atom. The third kappa shape index (κ3) is 3.55. The van der Waals surface area contributed by atoms with Gasteiger partial charge in [0.25, 0.3) is 0 Å². The molecule has 1 unspecified atom stereocenters. The standard InChI is InChI=1S/C26H37N3O/c30-25(27-26-15-19-12-20(16-26)14-21(13-19)17-26)29-11-8-24(18-29)28-9-6-23(7-10-28)22-4-2-1-3-5-22/h1-5,19-21,23-24H,6-18H2,(H,27,30). The molecule has 4 aliphatic carbocycles. The van der Waals surface area contributed by atoms with Crippen LogP contribution in [0.3, 0.4) is 0 Å². The van der Waals surface area contributed by atoms with Gasteiger partial charge in [-0.15, -0.1) is 0 Å². The molecule has 1 N–H and O–H groups in total. The number of hydrogen-bond donors (Lipinski definition) is 1. The molecular weight excluding hydrogens is 370 g/mol. The Morgan fingerprint density at radius 3 is 2.13 bits per heavy atom. The van der Waals surface area contributed by atoms with E-state index >= 15 is 0 Å². The Hall–Kier alpha value is -1.55. The zero-order valence-corrected chi connectivity index (χ0v) is 18.3. The fraction of sp³-hybridized carbons (Fsp3) is 0.731. The number of piperidine rings is 1. The van der Waals surface area contributed by atoms with Crippen molar-refractivity contribution in [1.82, 2.24) is 15.1 Å². The first-order chi connectivity index (χ1) is 14.7. The first kappa shape index (κ1) is 19.2. The van der Waals surface area contributed by atoms with Crippen molar-refractivity contribution in [3.8, 4) is 0 Å². The van der Waals surface area contributed by atoms with Gasteiger partial charge in [0.2, 0.25) is 0 Å². The number of likely N-dealkylation sites (tertiary alicyclic amines) is 2. The lowest BCUT2D eigenvalue weighted by atomic mass is 9.53. The number of nitrogens with zero attached hydrogens (tertiary/aromatic N) is 2. The normalized spacial score (nSPS) is 38.9. The van der Waals surface area contributed by atoms with Gasteiger partial charge in [-0.25, -0.2) is 4.79 Å². The molecule has 2 saturated heterocycles. The monoisotopic (exact) mass is 407 g/mol. The van der Waals surface area contributed by atoms with E-state index in [1.807, 2.05) is 0 Å². The van der Waals surface area contributed by atoms with Crippen LogP contribution < -0.4 is 5.32 Å². The fourth-order valence-electron chi connectivity index (χ4n) is 8.12. The smallest absolute Gasteiger partial charge is 0.317 e. The summed E-state index contributed by atoms with van der Waals surface area (Å²) < 4.78 is 0. The molecule has 162 valence electrons. The summed E-state index contributed by atoms with van der Waals surface area (Å²) in [6.45, 7) is 4.21. The molecule has 4 saturated carbocycles. The van der Waals surface area contributed by atoms with Crippen molar-refractivity contribution in [3.05, 3.63) is 35.9 Å². The number of rotatable bonds is 3. The molecule has 4 bridgehead atoms. The topological polar surface area (TPSA) is 35.6 Å². The van der Waals surface area contributed by atoms with E-state index in [2.05, 4.69) is 45.4 Å². The molecule has 2 heterocycles. The zero-order valence-electron chi connectivity index (χ0n) is 18.3. The van der Waals surface area contributed by atoms with E-state index in [9.17, 15) is 4.79 Å². The van der Waals surface area contributed by atoms with E-state index in [0.29, 0.717) is 12.0 Å². The maximum Gasteiger partial charge on any atom is 0.317 e. The van der Waals surface area contributed by atoms with E-state index in [1.165, 1.54) is 70.0 Å². The van der Waals surface area contributed by atoms with Gasteiger partial charge in [-0.2, -0.15) is 0 Å². The summed E-state index contributed by atoms with van der Waals surface area (Å²) in [6, 6.07) is 11.8. The number of carbonyl (C=O) groups excluding carboxylic acids is 1. The van der Waals surface area contributed by atoms with Crippen molar-refractivity contribution >= 4 is 6.03 Å². The molecule has 0 spiro atoms.